The molecule has 15 heavy (non-hydrogen) atoms. The number of rotatable bonds is 3. The molecule has 0 aromatic carbocycles. The molecule has 0 aliphatic carbocycles. The molecule has 86 valence electrons. The predicted molar refractivity (Wildman–Crippen MR) is 52.4 cm³/mol. The third-order valence-electron chi connectivity index (χ3n) is 2.90. The smallest absolute Gasteiger partial charge is 0.249 e. The zero-order valence-electron chi connectivity index (χ0n) is 8.70. The summed E-state index contributed by atoms with van der Waals surface area (Å²) in [6.45, 7) is 1.78. The third kappa shape index (κ3) is 2.68. The maximum atomic E-state index is 11.6. The number of hydrogen-bond acceptors (Lipinski definition) is 4. The second kappa shape index (κ2) is 4.47. The van der Waals surface area contributed by atoms with Gasteiger partial charge in [0.15, 0.2) is 0 Å². The first-order chi connectivity index (χ1) is 7.20. The Balaban J connectivity index is 1.74. The van der Waals surface area contributed by atoms with Crippen LogP contribution in [-0.4, -0.2) is 49.1 Å². The summed E-state index contributed by atoms with van der Waals surface area (Å²) in [5.74, 6) is -0.118. The zero-order chi connectivity index (χ0) is 10.7. The van der Waals surface area contributed by atoms with Crippen molar-refractivity contribution in [2.45, 2.75) is 31.0 Å². The molecule has 0 bridgehead atoms. The van der Waals surface area contributed by atoms with Crippen LogP contribution < -0.4 is 5.32 Å². The van der Waals surface area contributed by atoms with Crippen molar-refractivity contribution >= 4 is 5.91 Å². The summed E-state index contributed by atoms with van der Waals surface area (Å²) in [6.07, 6.45) is 1.97. The Morgan fingerprint density at radius 3 is 3.00 bits per heavy atom. The van der Waals surface area contributed by atoms with E-state index in [0.29, 0.717) is 26.2 Å². The average Bonchev–Trinajstić information content (AvgIpc) is 2.85. The SMILES string of the molecule is O=C(NCC1(O)CCOC1)[C@@H]1CCCO1. The van der Waals surface area contributed by atoms with Gasteiger partial charge in [-0.2, -0.15) is 0 Å². The Kier molecular flexibility index (Phi) is 3.23. The lowest BCUT2D eigenvalue weighted by Gasteiger charge is -2.21. The number of carbonyl (C=O) groups excluding carboxylic acids is 1. The largest absolute Gasteiger partial charge is 0.386 e. The van der Waals surface area contributed by atoms with Crippen LogP contribution in [0, 0.1) is 0 Å². The minimum atomic E-state index is -0.881. The molecule has 1 amide bonds. The van der Waals surface area contributed by atoms with Crippen molar-refractivity contribution in [3.63, 3.8) is 0 Å². The Hall–Kier alpha value is -0.650. The Labute approximate surface area is 88.7 Å². The van der Waals surface area contributed by atoms with Crippen LogP contribution in [0.5, 0.6) is 0 Å². The van der Waals surface area contributed by atoms with Crippen molar-refractivity contribution in [2.24, 2.45) is 0 Å². The van der Waals surface area contributed by atoms with Gasteiger partial charge in [-0.1, -0.05) is 0 Å². The Morgan fingerprint density at radius 1 is 1.53 bits per heavy atom. The van der Waals surface area contributed by atoms with Gasteiger partial charge < -0.3 is 19.9 Å². The molecule has 0 radical (unpaired) electrons. The van der Waals surface area contributed by atoms with E-state index >= 15 is 0 Å². The van der Waals surface area contributed by atoms with Crippen molar-refractivity contribution in [1.29, 1.82) is 0 Å². The molecule has 0 spiro atoms. The van der Waals surface area contributed by atoms with Crippen LogP contribution in [0.25, 0.3) is 0 Å². The van der Waals surface area contributed by atoms with E-state index in [1.165, 1.54) is 0 Å². The van der Waals surface area contributed by atoms with Gasteiger partial charge in [-0.25, -0.2) is 0 Å². The highest BCUT2D eigenvalue weighted by molar-refractivity contribution is 5.81. The van der Waals surface area contributed by atoms with Crippen LogP contribution in [0.3, 0.4) is 0 Å². The molecule has 2 atom stereocenters. The lowest BCUT2D eigenvalue weighted by Crippen LogP contribution is -2.46. The summed E-state index contributed by atoms with van der Waals surface area (Å²) in [4.78, 5) is 11.6. The summed E-state index contributed by atoms with van der Waals surface area (Å²) in [5, 5.41) is 12.6. The van der Waals surface area contributed by atoms with Crippen LogP contribution in [-0.2, 0) is 14.3 Å². The molecule has 1 unspecified atom stereocenters. The molecule has 0 aromatic heterocycles. The quantitative estimate of drug-likeness (QED) is 0.662. The topological polar surface area (TPSA) is 67.8 Å². The number of aliphatic hydroxyl groups is 1. The maximum Gasteiger partial charge on any atom is 0.249 e. The molecule has 2 heterocycles. The first-order valence-corrected chi connectivity index (χ1v) is 5.39. The van der Waals surface area contributed by atoms with E-state index in [1.54, 1.807) is 0 Å². The van der Waals surface area contributed by atoms with Crippen molar-refractivity contribution in [3.05, 3.63) is 0 Å². The Morgan fingerprint density at radius 2 is 2.40 bits per heavy atom. The summed E-state index contributed by atoms with van der Waals surface area (Å²) in [5.41, 5.74) is -0.881. The van der Waals surface area contributed by atoms with Crippen molar-refractivity contribution < 1.29 is 19.4 Å². The van der Waals surface area contributed by atoms with Crippen LogP contribution in [0.1, 0.15) is 19.3 Å². The molecule has 2 N–H and O–H groups in total. The highest BCUT2D eigenvalue weighted by Gasteiger charge is 2.33. The molecular weight excluding hydrogens is 198 g/mol. The van der Waals surface area contributed by atoms with E-state index in [-0.39, 0.29) is 18.6 Å². The van der Waals surface area contributed by atoms with E-state index in [0.717, 1.165) is 12.8 Å². The van der Waals surface area contributed by atoms with Crippen LogP contribution >= 0.6 is 0 Å². The summed E-state index contributed by atoms with van der Waals surface area (Å²) < 4.78 is 10.3. The van der Waals surface area contributed by atoms with Gasteiger partial charge in [0.1, 0.15) is 11.7 Å². The fraction of sp³-hybridized carbons (Fsp3) is 0.900. The molecule has 0 aromatic rings. The van der Waals surface area contributed by atoms with E-state index in [4.69, 9.17) is 9.47 Å². The van der Waals surface area contributed by atoms with Gasteiger partial charge in [0, 0.05) is 26.2 Å². The molecule has 2 rings (SSSR count). The van der Waals surface area contributed by atoms with Crippen molar-refractivity contribution in [3.8, 4) is 0 Å². The molecule has 2 aliphatic rings. The van der Waals surface area contributed by atoms with Gasteiger partial charge in [-0.3, -0.25) is 4.79 Å². The first kappa shape index (κ1) is 10.9. The third-order valence-corrected chi connectivity index (χ3v) is 2.90. The molecule has 2 aliphatic heterocycles. The molecule has 5 heteroatoms. The number of nitrogens with one attached hydrogen (secondary N) is 1. The first-order valence-electron chi connectivity index (χ1n) is 5.39. The van der Waals surface area contributed by atoms with Gasteiger partial charge >= 0.3 is 0 Å². The molecule has 0 saturated carbocycles. The van der Waals surface area contributed by atoms with E-state index < -0.39 is 5.60 Å². The molecular formula is C10H17NO4. The number of carbonyl (C=O) groups is 1. The monoisotopic (exact) mass is 215 g/mol. The minimum Gasteiger partial charge on any atom is -0.386 e. The van der Waals surface area contributed by atoms with Gasteiger partial charge in [-0.05, 0) is 12.8 Å². The van der Waals surface area contributed by atoms with Gasteiger partial charge in [-0.15, -0.1) is 0 Å². The van der Waals surface area contributed by atoms with Gasteiger partial charge in [0.2, 0.25) is 5.91 Å². The fourth-order valence-electron chi connectivity index (χ4n) is 1.89. The second-order valence-electron chi connectivity index (χ2n) is 4.25. The second-order valence-corrected chi connectivity index (χ2v) is 4.25. The number of amides is 1. The normalized spacial score (nSPS) is 35.7. The molecule has 2 saturated heterocycles. The van der Waals surface area contributed by atoms with Crippen molar-refractivity contribution in [2.75, 3.05) is 26.4 Å². The highest BCUT2D eigenvalue weighted by atomic mass is 16.5. The fourth-order valence-corrected chi connectivity index (χ4v) is 1.89. The maximum absolute atomic E-state index is 11.6. The van der Waals surface area contributed by atoms with E-state index in [9.17, 15) is 9.90 Å². The minimum absolute atomic E-state index is 0.118. The van der Waals surface area contributed by atoms with Crippen LogP contribution in [0.4, 0.5) is 0 Å². The van der Waals surface area contributed by atoms with Crippen LogP contribution in [0.2, 0.25) is 0 Å². The standard InChI is InChI=1S/C10H17NO4/c12-9(8-2-1-4-15-8)11-6-10(13)3-5-14-7-10/h8,13H,1-7H2,(H,11,12)/t8-,10?/m0/s1. The van der Waals surface area contributed by atoms with Gasteiger partial charge in [0.05, 0.1) is 6.61 Å². The number of ether oxygens (including phenoxy) is 2. The summed E-state index contributed by atoms with van der Waals surface area (Å²) >= 11 is 0. The highest BCUT2D eigenvalue weighted by Crippen LogP contribution is 2.17. The number of hydrogen-bond donors (Lipinski definition) is 2. The van der Waals surface area contributed by atoms with E-state index in [2.05, 4.69) is 5.32 Å². The van der Waals surface area contributed by atoms with Gasteiger partial charge in [0.25, 0.3) is 0 Å². The Bertz CT molecular complexity index is 232. The lowest BCUT2D eigenvalue weighted by molar-refractivity contribution is -0.131. The summed E-state index contributed by atoms with van der Waals surface area (Å²) in [7, 11) is 0. The molecule has 5 nitrogen and oxygen atoms in total. The molecule has 2 fully saturated rings. The van der Waals surface area contributed by atoms with E-state index in [1.807, 2.05) is 0 Å². The van der Waals surface area contributed by atoms with Crippen LogP contribution in [0.15, 0.2) is 0 Å². The lowest BCUT2D eigenvalue weighted by atomic mass is 10.0. The average molecular weight is 215 g/mol. The summed E-state index contributed by atoms with van der Waals surface area (Å²) in [6, 6.07) is 0. The zero-order valence-corrected chi connectivity index (χ0v) is 8.70. The predicted octanol–water partition coefficient (Wildman–Crippen LogP) is -0.567. The van der Waals surface area contributed by atoms with Crippen molar-refractivity contribution in [1.82, 2.24) is 5.32 Å².